The van der Waals surface area contributed by atoms with Gasteiger partial charge < -0.3 is 10.6 Å². The molecule has 1 fully saturated rings. The van der Waals surface area contributed by atoms with Crippen LogP contribution in [0.2, 0.25) is 0 Å². The fraction of sp³-hybridized carbons (Fsp3) is 0.588. The van der Waals surface area contributed by atoms with Crippen LogP contribution < -0.4 is 10.6 Å². The highest BCUT2D eigenvalue weighted by Crippen LogP contribution is 2.28. The van der Waals surface area contributed by atoms with E-state index >= 15 is 0 Å². The number of carbonyl (C=O) groups excluding carboxylic acids is 1. The maximum atomic E-state index is 12.4. The summed E-state index contributed by atoms with van der Waals surface area (Å²) in [5.41, 5.74) is 1.92. The third-order valence-electron chi connectivity index (χ3n) is 3.96. The number of nitrogens with one attached hydrogen (secondary N) is 2. The van der Waals surface area contributed by atoms with Crippen LogP contribution in [-0.2, 0) is 0 Å². The van der Waals surface area contributed by atoms with Gasteiger partial charge in [-0.25, -0.2) is 0 Å². The van der Waals surface area contributed by atoms with Gasteiger partial charge in [0.05, 0.1) is 0 Å². The molecule has 0 unspecified atom stereocenters. The van der Waals surface area contributed by atoms with Gasteiger partial charge in [-0.15, -0.1) is 0 Å². The Labute approximate surface area is 136 Å². The van der Waals surface area contributed by atoms with Crippen molar-refractivity contribution < 1.29 is 4.79 Å². The number of carbonyl (C=O) groups is 1. The molecule has 0 aliphatic carbocycles. The zero-order valence-corrected chi connectivity index (χ0v) is 15.1. The van der Waals surface area contributed by atoms with Gasteiger partial charge in [-0.05, 0) is 65.2 Å². The molecule has 2 rings (SSSR count). The summed E-state index contributed by atoms with van der Waals surface area (Å²) in [4.78, 5) is 12.4. The first-order chi connectivity index (χ1) is 9.58. The Hall–Kier alpha value is -0.870. The van der Waals surface area contributed by atoms with Crippen LogP contribution in [0.1, 0.15) is 56.5 Å². The SMILES string of the molecule is Cc1ccc(C(=O)NC2CC(C)(C)NC(C)(C)C2)cc1Br. The number of piperidine rings is 1. The Kier molecular flexibility index (Phi) is 4.50. The van der Waals surface area contributed by atoms with Crippen LogP contribution in [0.15, 0.2) is 22.7 Å². The molecule has 0 atom stereocenters. The molecule has 1 saturated heterocycles. The molecule has 1 heterocycles. The maximum Gasteiger partial charge on any atom is 0.251 e. The van der Waals surface area contributed by atoms with Crippen molar-refractivity contribution in [3.05, 3.63) is 33.8 Å². The normalized spacial score (nSPS) is 21.0. The molecule has 1 amide bonds. The zero-order chi connectivity index (χ0) is 15.8. The smallest absolute Gasteiger partial charge is 0.251 e. The first-order valence-electron chi connectivity index (χ1n) is 7.44. The summed E-state index contributed by atoms with van der Waals surface area (Å²) >= 11 is 3.49. The first kappa shape index (κ1) is 16.5. The molecular weight excluding hydrogens is 328 g/mol. The average molecular weight is 353 g/mol. The van der Waals surface area contributed by atoms with E-state index < -0.39 is 0 Å². The number of hydrogen-bond acceptors (Lipinski definition) is 2. The van der Waals surface area contributed by atoms with Crippen molar-refractivity contribution in [1.82, 2.24) is 10.6 Å². The summed E-state index contributed by atoms with van der Waals surface area (Å²) in [6, 6.07) is 5.94. The van der Waals surface area contributed by atoms with Crippen LogP contribution in [0.3, 0.4) is 0 Å². The zero-order valence-electron chi connectivity index (χ0n) is 13.5. The largest absolute Gasteiger partial charge is 0.349 e. The van der Waals surface area contributed by atoms with Crippen molar-refractivity contribution in [3.8, 4) is 0 Å². The van der Waals surface area contributed by atoms with Gasteiger partial charge in [0, 0.05) is 27.2 Å². The molecule has 1 aromatic carbocycles. The Morgan fingerprint density at radius 1 is 1.24 bits per heavy atom. The molecule has 0 spiro atoms. The van der Waals surface area contributed by atoms with E-state index in [2.05, 4.69) is 54.3 Å². The molecule has 21 heavy (non-hydrogen) atoms. The number of rotatable bonds is 2. The molecule has 116 valence electrons. The van der Waals surface area contributed by atoms with Gasteiger partial charge in [-0.1, -0.05) is 22.0 Å². The molecule has 1 aliphatic rings. The molecule has 0 radical (unpaired) electrons. The minimum absolute atomic E-state index is 0.00852. The fourth-order valence-electron chi connectivity index (χ4n) is 3.43. The highest BCUT2D eigenvalue weighted by molar-refractivity contribution is 9.10. The van der Waals surface area contributed by atoms with E-state index in [0.29, 0.717) is 5.56 Å². The Bertz CT molecular complexity index is 536. The number of hydrogen-bond donors (Lipinski definition) is 2. The highest BCUT2D eigenvalue weighted by atomic mass is 79.9. The molecule has 4 heteroatoms. The van der Waals surface area contributed by atoms with E-state index in [1.165, 1.54) is 0 Å². The van der Waals surface area contributed by atoms with Gasteiger partial charge in [-0.3, -0.25) is 4.79 Å². The predicted octanol–water partition coefficient (Wildman–Crippen LogP) is 3.80. The van der Waals surface area contributed by atoms with Gasteiger partial charge in [0.1, 0.15) is 0 Å². The van der Waals surface area contributed by atoms with E-state index in [1.54, 1.807) is 0 Å². The Morgan fingerprint density at radius 2 is 1.81 bits per heavy atom. The van der Waals surface area contributed by atoms with Gasteiger partial charge in [0.2, 0.25) is 0 Å². The number of aryl methyl sites for hydroxylation is 1. The average Bonchev–Trinajstić information content (AvgIpc) is 2.28. The third kappa shape index (κ3) is 4.30. The summed E-state index contributed by atoms with van der Waals surface area (Å²) in [7, 11) is 0. The van der Waals surface area contributed by atoms with Crippen molar-refractivity contribution >= 4 is 21.8 Å². The van der Waals surface area contributed by atoms with E-state index in [4.69, 9.17) is 0 Å². The van der Waals surface area contributed by atoms with Crippen LogP contribution >= 0.6 is 15.9 Å². The predicted molar refractivity (Wildman–Crippen MR) is 90.7 cm³/mol. The van der Waals surface area contributed by atoms with Crippen LogP contribution in [0.25, 0.3) is 0 Å². The highest BCUT2D eigenvalue weighted by Gasteiger charge is 2.38. The van der Waals surface area contributed by atoms with E-state index in [1.807, 2.05) is 25.1 Å². The lowest BCUT2D eigenvalue weighted by molar-refractivity contribution is 0.0873. The van der Waals surface area contributed by atoms with Crippen LogP contribution in [0, 0.1) is 6.92 Å². The molecular formula is C17H25BrN2O. The molecule has 0 bridgehead atoms. The third-order valence-corrected chi connectivity index (χ3v) is 4.81. The van der Waals surface area contributed by atoms with Crippen molar-refractivity contribution in [2.75, 3.05) is 0 Å². The number of amides is 1. The van der Waals surface area contributed by atoms with Gasteiger partial charge in [0.15, 0.2) is 0 Å². The summed E-state index contributed by atoms with van der Waals surface area (Å²) in [6.45, 7) is 10.8. The summed E-state index contributed by atoms with van der Waals surface area (Å²) in [5.74, 6) is 0.00852. The first-order valence-corrected chi connectivity index (χ1v) is 8.24. The second-order valence-electron chi connectivity index (χ2n) is 7.44. The molecule has 1 aromatic rings. The Morgan fingerprint density at radius 3 is 2.33 bits per heavy atom. The van der Waals surface area contributed by atoms with E-state index in [0.717, 1.165) is 22.9 Å². The summed E-state index contributed by atoms with van der Waals surface area (Å²) in [5, 5.41) is 6.83. The van der Waals surface area contributed by atoms with E-state index in [-0.39, 0.29) is 23.0 Å². The molecule has 3 nitrogen and oxygen atoms in total. The van der Waals surface area contributed by atoms with E-state index in [9.17, 15) is 4.79 Å². The van der Waals surface area contributed by atoms with Crippen LogP contribution in [0.4, 0.5) is 0 Å². The minimum Gasteiger partial charge on any atom is -0.349 e. The summed E-state index contributed by atoms with van der Waals surface area (Å²) in [6.07, 6.45) is 1.88. The monoisotopic (exact) mass is 352 g/mol. The number of halogens is 1. The van der Waals surface area contributed by atoms with Crippen LogP contribution in [0.5, 0.6) is 0 Å². The lowest BCUT2D eigenvalue weighted by Crippen LogP contribution is -2.62. The van der Waals surface area contributed by atoms with Crippen molar-refractivity contribution in [3.63, 3.8) is 0 Å². The standard InChI is InChI=1S/C17H25BrN2O/c1-11-6-7-12(8-14(11)18)15(21)19-13-9-16(2,3)20-17(4,5)10-13/h6-8,13,20H,9-10H2,1-5H3,(H,19,21). The fourth-order valence-corrected chi connectivity index (χ4v) is 3.81. The van der Waals surface area contributed by atoms with Gasteiger partial charge in [-0.2, -0.15) is 0 Å². The summed E-state index contributed by atoms with van der Waals surface area (Å²) < 4.78 is 0.973. The Balaban J connectivity index is 2.10. The lowest BCUT2D eigenvalue weighted by Gasteiger charge is -2.46. The van der Waals surface area contributed by atoms with Gasteiger partial charge in [0.25, 0.3) is 5.91 Å². The topological polar surface area (TPSA) is 41.1 Å². The lowest BCUT2D eigenvalue weighted by atomic mass is 9.79. The molecule has 0 aromatic heterocycles. The molecule has 0 saturated carbocycles. The molecule has 2 N–H and O–H groups in total. The second kappa shape index (κ2) is 5.73. The van der Waals surface area contributed by atoms with Gasteiger partial charge >= 0.3 is 0 Å². The van der Waals surface area contributed by atoms with Crippen molar-refractivity contribution in [2.24, 2.45) is 0 Å². The quantitative estimate of drug-likeness (QED) is 0.849. The second-order valence-corrected chi connectivity index (χ2v) is 8.29. The maximum absolute atomic E-state index is 12.4. The van der Waals surface area contributed by atoms with Crippen LogP contribution in [-0.4, -0.2) is 23.0 Å². The molecule has 1 aliphatic heterocycles. The van der Waals surface area contributed by atoms with Crippen molar-refractivity contribution in [1.29, 1.82) is 0 Å². The minimum atomic E-state index is 0.00852. The van der Waals surface area contributed by atoms with Crippen molar-refractivity contribution in [2.45, 2.75) is 64.6 Å². The number of benzene rings is 1.